The zero-order valence-electron chi connectivity index (χ0n) is 10.7. The summed E-state index contributed by atoms with van der Waals surface area (Å²) in [6.07, 6.45) is 4.22. The van der Waals surface area contributed by atoms with Crippen molar-refractivity contribution in [1.82, 2.24) is 10.2 Å². The zero-order valence-corrected chi connectivity index (χ0v) is 11.6. The second-order valence-corrected chi connectivity index (χ2v) is 5.22. The Morgan fingerprint density at radius 1 is 1.59 bits per heavy atom. The van der Waals surface area contributed by atoms with Gasteiger partial charge < -0.3 is 16.0 Å². The third kappa shape index (κ3) is 5.00. The highest BCUT2D eigenvalue weighted by Gasteiger charge is 2.26. The molecule has 1 aliphatic carbocycles. The van der Waals surface area contributed by atoms with Crippen molar-refractivity contribution in [2.75, 3.05) is 20.1 Å². The lowest BCUT2D eigenvalue weighted by Gasteiger charge is -2.18. The fraction of sp³-hybridized carbons (Fsp3) is 0.833. The lowest BCUT2D eigenvalue weighted by Crippen LogP contribution is -2.41. The molecule has 0 heterocycles. The molecule has 1 amide bonds. The number of hydrogen-bond acceptors (Lipinski definition) is 3. The number of hydrogen-bond donors (Lipinski definition) is 2. The predicted octanol–water partition coefficient (Wildman–Crippen LogP) is 0.899. The van der Waals surface area contributed by atoms with Gasteiger partial charge in [-0.05, 0) is 26.3 Å². The standard InChI is InChI=1S/C12H23N3OS/c1-3-4-10(11(13)17)12(16)14-7-8-15(2)9-5-6-9/h9-10H,3-8H2,1-2H3,(H2,13,17)(H,14,16). The number of carbonyl (C=O) groups excluding carboxylic acids is 1. The first-order valence-electron chi connectivity index (χ1n) is 6.33. The minimum atomic E-state index is -0.304. The number of nitrogens with one attached hydrogen (secondary N) is 1. The first-order chi connectivity index (χ1) is 8.06. The van der Waals surface area contributed by atoms with Crippen molar-refractivity contribution in [2.24, 2.45) is 11.7 Å². The molecule has 1 aliphatic rings. The molecule has 4 nitrogen and oxygen atoms in total. The number of nitrogens with two attached hydrogens (primary N) is 1. The highest BCUT2D eigenvalue weighted by atomic mass is 32.1. The van der Waals surface area contributed by atoms with Crippen molar-refractivity contribution in [2.45, 2.75) is 38.6 Å². The second-order valence-electron chi connectivity index (χ2n) is 4.75. The quantitative estimate of drug-likeness (QED) is 0.634. The van der Waals surface area contributed by atoms with Gasteiger partial charge >= 0.3 is 0 Å². The highest BCUT2D eigenvalue weighted by molar-refractivity contribution is 7.80. The molecule has 1 saturated carbocycles. The molecule has 0 aromatic carbocycles. The van der Waals surface area contributed by atoms with Gasteiger partial charge in [-0.2, -0.15) is 0 Å². The Bertz CT molecular complexity index is 279. The Kier molecular flexibility index (Phi) is 5.85. The van der Waals surface area contributed by atoms with Crippen LogP contribution in [0.4, 0.5) is 0 Å². The van der Waals surface area contributed by atoms with Crippen LogP contribution in [-0.4, -0.2) is 42.0 Å². The van der Waals surface area contributed by atoms with E-state index in [1.807, 2.05) is 6.92 Å². The van der Waals surface area contributed by atoms with Crippen LogP contribution in [0.25, 0.3) is 0 Å². The number of nitrogens with zero attached hydrogens (tertiary/aromatic N) is 1. The van der Waals surface area contributed by atoms with Gasteiger partial charge in [-0.1, -0.05) is 25.6 Å². The van der Waals surface area contributed by atoms with E-state index in [4.69, 9.17) is 18.0 Å². The summed E-state index contributed by atoms with van der Waals surface area (Å²) in [5.41, 5.74) is 5.57. The molecular weight excluding hydrogens is 234 g/mol. The van der Waals surface area contributed by atoms with E-state index in [1.165, 1.54) is 12.8 Å². The van der Waals surface area contributed by atoms with Gasteiger partial charge in [0.15, 0.2) is 0 Å². The number of carbonyl (C=O) groups is 1. The Morgan fingerprint density at radius 2 is 2.24 bits per heavy atom. The van der Waals surface area contributed by atoms with Gasteiger partial charge in [-0.15, -0.1) is 0 Å². The van der Waals surface area contributed by atoms with Crippen LogP contribution in [0.15, 0.2) is 0 Å². The monoisotopic (exact) mass is 257 g/mol. The Morgan fingerprint density at radius 3 is 2.71 bits per heavy atom. The largest absolute Gasteiger partial charge is 0.393 e. The molecule has 1 unspecified atom stereocenters. The van der Waals surface area contributed by atoms with Gasteiger partial charge in [0.2, 0.25) is 5.91 Å². The lowest BCUT2D eigenvalue weighted by molar-refractivity contribution is -0.123. The van der Waals surface area contributed by atoms with Crippen LogP contribution in [0.1, 0.15) is 32.6 Å². The molecule has 98 valence electrons. The molecular formula is C12H23N3OS. The highest BCUT2D eigenvalue weighted by Crippen LogP contribution is 2.24. The summed E-state index contributed by atoms with van der Waals surface area (Å²) in [4.78, 5) is 14.4. The van der Waals surface area contributed by atoms with Crippen molar-refractivity contribution in [3.63, 3.8) is 0 Å². The molecule has 0 bridgehead atoms. The van der Waals surface area contributed by atoms with E-state index in [0.717, 1.165) is 25.4 Å². The van der Waals surface area contributed by atoms with Gasteiger partial charge in [-0.25, -0.2) is 0 Å². The second kappa shape index (κ2) is 6.91. The van der Waals surface area contributed by atoms with Crippen molar-refractivity contribution < 1.29 is 4.79 Å². The molecule has 1 fully saturated rings. The minimum absolute atomic E-state index is 0.0245. The summed E-state index contributed by atoms with van der Waals surface area (Å²) in [5, 5.41) is 2.91. The van der Waals surface area contributed by atoms with E-state index in [1.54, 1.807) is 0 Å². The third-order valence-electron chi connectivity index (χ3n) is 3.17. The minimum Gasteiger partial charge on any atom is -0.393 e. The molecule has 1 rings (SSSR count). The van der Waals surface area contributed by atoms with Crippen molar-refractivity contribution in [1.29, 1.82) is 0 Å². The Balaban J connectivity index is 2.23. The summed E-state index contributed by atoms with van der Waals surface area (Å²) >= 11 is 4.92. The summed E-state index contributed by atoms with van der Waals surface area (Å²) in [6.45, 7) is 3.60. The van der Waals surface area contributed by atoms with E-state index in [-0.39, 0.29) is 11.8 Å². The lowest BCUT2D eigenvalue weighted by atomic mass is 10.0. The topological polar surface area (TPSA) is 58.4 Å². The molecule has 17 heavy (non-hydrogen) atoms. The molecule has 3 N–H and O–H groups in total. The van der Waals surface area contributed by atoms with Gasteiger partial charge in [0.1, 0.15) is 0 Å². The Hall–Kier alpha value is -0.680. The Labute approximate surface area is 109 Å². The molecule has 0 spiro atoms. The average molecular weight is 257 g/mol. The van der Waals surface area contributed by atoms with E-state index in [2.05, 4.69) is 17.3 Å². The summed E-state index contributed by atoms with van der Waals surface area (Å²) in [6, 6.07) is 0.730. The van der Waals surface area contributed by atoms with Crippen LogP contribution in [0, 0.1) is 5.92 Å². The zero-order chi connectivity index (χ0) is 12.8. The van der Waals surface area contributed by atoms with Crippen LogP contribution >= 0.6 is 12.2 Å². The maximum atomic E-state index is 11.8. The predicted molar refractivity (Wildman–Crippen MR) is 73.8 cm³/mol. The third-order valence-corrected chi connectivity index (χ3v) is 3.46. The van der Waals surface area contributed by atoms with Crippen molar-refractivity contribution >= 4 is 23.1 Å². The SMILES string of the molecule is CCCC(C(=O)NCCN(C)C1CC1)C(N)=S. The fourth-order valence-corrected chi connectivity index (χ4v) is 2.09. The molecule has 0 aromatic heterocycles. The van der Waals surface area contributed by atoms with Gasteiger partial charge in [0.25, 0.3) is 0 Å². The van der Waals surface area contributed by atoms with Crippen molar-refractivity contribution in [3.05, 3.63) is 0 Å². The van der Waals surface area contributed by atoms with Crippen LogP contribution in [0.2, 0.25) is 0 Å². The first-order valence-corrected chi connectivity index (χ1v) is 6.74. The number of rotatable bonds is 8. The summed E-state index contributed by atoms with van der Waals surface area (Å²) < 4.78 is 0. The van der Waals surface area contributed by atoms with Crippen LogP contribution in [0.3, 0.4) is 0 Å². The van der Waals surface area contributed by atoms with E-state index < -0.39 is 0 Å². The van der Waals surface area contributed by atoms with Gasteiger partial charge in [0, 0.05) is 19.1 Å². The van der Waals surface area contributed by atoms with Crippen LogP contribution in [0.5, 0.6) is 0 Å². The van der Waals surface area contributed by atoms with Gasteiger partial charge in [-0.3, -0.25) is 4.79 Å². The fourth-order valence-electron chi connectivity index (χ4n) is 1.87. The smallest absolute Gasteiger partial charge is 0.229 e. The normalized spacial score (nSPS) is 16.9. The van der Waals surface area contributed by atoms with Crippen LogP contribution in [-0.2, 0) is 4.79 Å². The maximum Gasteiger partial charge on any atom is 0.229 e. The average Bonchev–Trinajstić information content (AvgIpc) is 3.08. The number of thiocarbonyl (C=S) groups is 1. The first kappa shape index (κ1) is 14.4. The van der Waals surface area contributed by atoms with Gasteiger partial charge in [0.05, 0.1) is 10.9 Å². The molecule has 0 radical (unpaired) electrons. The van der Waals surface area contributed by atoms with E-state index in [9.17, 15) is 4.79 Å². The van der Waals surface area contributed by atoms with Crippen molar-refractivity contribution in [3.8, 4) is 0 Å². The summed E-state index contributed by atoms with van der Waals surface area (Å²) in [7, 11) is 2.10. The maximum absolute atomic E-state index is 11.8. The number of amides is 1. The number of likely N-dealkylation sites (N-methyl/N-ethyl adjacent to an activating group) is 1. The van der Waals surface area contributed by atoms with E-state index >= 15 is 0 Å². The molecule has 0 aliphatic heterocycles. The molecule has 0 aromatic rings. The molecule has 0 saturated heterocycles. The molecule has 5 heteroatoms. The van der Waals surface area contributed by atoms with Crippen LogP contribution < -0.4 is 11.1 Å². The summed E-state index contributed by atoms with van der Waals surface area (Å²) in [5.74, 6) is -0.329. The van der Waals surface area contributed by atoms with E-state index in [0.29, 0.717) is 11.5 Å². The molecule has 1 atom stereocenters.